The van der Waals surface area contributed by atoms with Crippen molar-refractivity contribution < 1.29 is 0 Å². The molecule has 2 heterocycles. The Labute approximate surface area is 107 Å². The zero-order chi connectivity index (χ0) is 12.1. The number of likely N-dealkylation sites (tertiary alicyclic amines) is 1. The van der Waals surface area contributed by atoms with Crippen LogP contribution < -0.4 is 5.32 Å². The fourth-order valence-electron chi connectivity index (χ4n) is 3.06. The summed E-state index contributed by atoms with van der Waals surface area (Å²) in [5.41, 5.74) is 0.429. The standard InChI is InChI=1S/C14H29N3/c1-14(2)12-15-6-9-17(13-14)11-10-16-7-4-3-5-8-16/h15H,3-13H2,1-2H3. The Morgan fingerprint density at radius 3 is 2.41 bits per heavy atom. The van der Waals surface area contributed by atoms with Gasteiger partial charge in [-0.3, -0.25) is 0 Å². The third-order valence-corrected chi connectivity index (χ3v) is 4.04. The van der Waals surface area contributed by atoms with Crippen molar-refractivity contribution in [3.63, 3.8) is 0 Å². The van der Waals surface area contributed by atoms with Crippen LogP contribution in [0.4, 0.5) is 0 Å². The first-order chi connectivity index (χ1) is 8.16. The topological polar surface area (TPSA) is 18.5 Å². The summed E-state index contributed by atoms with van der Waals surface area (Å²) in [6, 6.07) is 0. The number of hydrogen-bond donors (Lipinski definition) is 1. The van der Waals surface area contributed by atoms with Crippen molar-refractivity contribution in [1.82, 2.24) is 15.1 Å². The lowest BCUT2D eigenvalue weighted by molar-refractivity contribution is 0.159. The number of nitrogens with zero attached hydrogens (tertiary/aromatic N) is 2. The minimum atomic E-state index is 0.429. The van der Waals surface area contributed by atoms with Crippen molar-refractivity contribution in [2.24, 2.45) is 5.41 Å². The molecular formula is C14H29N3. The number of rotatable bonds is 3. The zero-order valence-electron chi connectivity index (χ0n) is 11.7. The summed E-state index contributed by atoms with van der Waals surface area (Å²) in [4.78, 5) is 5.30. The molecule has 17 heavy (non-hydrogen) atoms. The summed E-state index contributed by atoms with van der Waals surface area (Å²) >= 11 is 0. The van der Waals surface area contributed by atoms with Crippen LogP contribution in [-0.2, 0) is 0 Å². The largest absolute Gasteiger partial charge is 0.315 e. The maximum absolute atomic E-state index is 3.55. The summed E-state index contributed by atoms with van der Waals surface area (Å²) in [6.07, 6.45) is 4.26. The Hall–Kier alpha value is -0.120. The molecule has 0 saturated carbocycles. The molecule has 0 aromatic carbocycles. The Balaban J connectivity index is 1.73. The summed E-state index contributed by atoms with van der Waals surface area (Å²) in [5.74, 6) is 0. The average molecular weight is 239 g/mol. The van der Waals surface area contributed by atoms with Gasteiger partial charge in [0, 0.05) is 39.3 Å². The van der Waals surface area contributed by atoms with Crippen molar-refractivity contribution in [3.05, 3.63) is 0 Å². The maximum atomic E-state index is 3.55. The van der Waals surface area contributed by atoms with E-state index < -0.39 is 0 Å². The third kappa shape index (κ3) is 4.57. The van der Waals surface area contributed by atoms with Crippen molar-refractivity contribution >= 4 is 0 Å². The summed E-state index contributed by atoms with van der Waals surface area (Å²) in [5, 5.41) is 3.55. The highest BCUT2D eigenvalue weighted by atomic mass is 15.2. The minimum Gasteiger partial charge on any atom is -0.315 e. The lowest BCUT2D eigenvalue weighted by Gasteiger charge is -2.32. The van der Waals surface area contributed by atoms with Crippen LogP contribution in [0.3, 0.4) is 0 Å². The van der Waals surface area contributed by atoms with Gasteiger partial charge in [-0.05, 0) is 31.3 Å². The Bertz CT molecular complexity index is 222. The molecule has 0 amide bonds. The van der Waals surface area contributed by atoms with Crippen LogP contribution in [0.2, 0.25) is 0 Å². The SMILES string of the molecule is CC1(C)CNCCN(CCN2CCCCC2)C1. The van der Waals surface area contributed by atoms with E-state index in [0.29, 0.717) is 5.41 Å². The van der Waals surface area contributed by atoms with Crippen LogP contribution in [0.1, 0.15) is 33.1 Å². The quantitative estimate of drug-likeness (QED) is 0.803. The maximum Gasteiger partial charge on any atom is 0.0110 e. The first kappa shape index (κ1) is 13.3. The van der Waals surface area contributed by atoms with Gasteiger partial charge in [-0.2, -0.15) is 0 Å². The van der Waals surface area contributed by atoms with Gasteiger partial charge in [-0.15, -0.1) is 0 Å². The van der Waals surface area contributed by atoms with E-state index in [2.05, 4.69) is 29.0 Å². The van der Waals surface area contributed by atoms with Gasteiger partial charge in [-0.25, -0.2) is 0 Å². The van der Waals surface area contributed by atoms with Gasteiger partial charge >= 0.3 is 0 Å². The van der Waals surface area contributed by atoms with E-state index in [-0.39, 0.29) is 0 Å². The van der Waals surface area contributed by atoms with E-state index in [9.17, 15) is 0 Å². The van der Waals surface area contributed by atoms with Crippen LogP contribution in [-0.4, -0.2) is 62.2 Å². The minimum absolute atomic E-state index is 0.429. The molecule has 0 radical (unpaired) electrons. The van der Waals surface area contributed by atoms with Gasteiger partial charge in [0.25, 0.3) is 0 Å². The van der Waals surface area contributed by atoms with E-state index in [1.165, 1.54) is 58.5 Å². The molecule has 0 atom stereocenters. The first-order valence-corrected chi connectivity index (χ1v) is 7.31. The van der Waals surface area contributed by atoms with E-state index in [1.807, 2.05) is 0 Å². The fraction of sp³-hybridized carbons (Fsp3) is 1.00. The predicted molar refractivity (Wildman–Crippen MR) is 73.4 cm³/mol. The molecule has 2 saturated heterocycles. The molecule has 3 nitrogen and oxygen atoms in total. The molecule has 0 aromatic heterocycles. The molecule has 3 heteroatoms. The lowest BCUT2D eigenvalue weighted by Crippen LogP contribution is -2.41. The Morgan fingerprint density at radius 2 is 1.65 bits per heavy atom. The van der Waals surface area contributed by atoms with Gasteiger partial charge < -0.3 is 15.1 Å². The smallest absolute Gasteiger partial charge is 0.0110 e. The average Bonchev–Trinajstić information content (AvgIpc) is 2.49. The fourth-order valence-corrected chi connectivity index (χ4v) is 3.06. The highest BCUT2D eigenvalue weighted by Crippen LogP contribution is 2.17. The third-order valence-electron chi connectivity index (χ3n) is 4.04. The molecule has 0 spiro atoms. The van der Waals surface area contributed by atoms with Gasteiger partial charge in [-0.1, -0.05) is 20.3 Å². The summed E-state index contributed by atoms with van der Waals surface area (Å²) < 4.78 is 0. The highest BCUT2D eigenvalue weighted by molar-refractivity contribution is 4.81. The van der Waals surface area contributed by atoms with Gasteiger partial charge in [0.05, 0.1) is 0 Å². The molecule has 100 valence electrons. The number of hydrogen-bond acceptors (Lipinski definition) is 3. The molecule has 0 bridgehead atoms. The van der Waals surface area contributed by atoms with Crippen molar-refractivity contribution in [2.75, 3.05) is 52.4 Å². The highest BCUT2D eigenvalue weighted by Gasteiger charge is 2.24. The van der Waals surface area contributed by atoms with E-state index in [1.54, 1.807) is 0 Å². The second-order valence-electron chi connectivity index (χ2n) is 6.52. The second-order valence-corrected chi connectivity index (χ2v) is 6.52. The molecule has 0 aliphatic carbocycles. The molecule has 0 aromatic rings. The number of nitrogens with one attached hydrogen (secondary N) is 1. The zero-order valence-corrected chi connectivity index (χ0v) is 11.7. The van der Waals surface area contributed by atoms with E-state index in [0.717, 1.165) is 13.1 Å². The van der Waals surface area contributed by atoms with Crippen LogP contribution >= 0.6 is 0 Å². The Morgan fingerprint density at radius 1 is 0.941 bits per heavy atom. The van der Waals surface area contributed by atoms with Crippen LogP contribution in [0.5, 0.6) is 0 Å². The molecular weight excluding hydrogens is 210 g/mol. The van der Waals surface area contributed by atoms with Crippen LogP contribution in [0.25, 0.3) is 0 Å². The van der Waals surface area contributed by atoms with Gasteiger partial charge in [0.2, 0.25) is 0 Å². The molecule has 2 fully saturated rings. The molecule has 2 rings (SSSR count). The van der Waals surface area contributed by atoms with Crippen LogP contribution in [0, 0.1) is 5.41 Å². The Kier molecular flexibility index (Phi) is 4.83. The summed E-state index contributed by atoms with van der Waals surface area (Å²) in [7, 11) is 0. The first-order valence-electron chi connectivity index (χ1n) is 7.31. The van der Waals surface area contributed by atoms with E-state index >= 15 is 0 Å². The monoisotopic (exact) mass is 239 g/mol. The molecule has 1 N–H and O–H groups in total. The predicted octanol–water partition coefficient (Wildman–Crippen LogP) is 1.40. The lowest BCUT2D eigenvalue weighted by atomic mass is 9.93. The van der Waals surface area contributed by atoms with Crippen molar-refractivity contribution in [2.45, 2.75) is 33.1 Å². The van der Waals surface area contributed by atoms with Crippen molar-refractivity contribution in [3.8, 4) is 0 Å². The molecule has 2 aliphatic rings. The van der Waals surface area contributed by atoms with E-state index in [4.69, 9.17) is 0 Å². The summed E-state index contributed by atoms with van der Waals surface area (Å²) in [6.45, 7) is 14.7. The van der Waals surface area contributed by atoms with Crippen LogP contribution in [0.15, 0.2) is 0 Å². The van der Waals surface area contributed by atoms with Gasteiger partial charge in [0.15, 0.2) is 0 Å². The molecule has 0 unspecified atom stereocenters. The second kappa shape index (κ2) is 6.17. The molecule has 2 aliphatic heterocycles. The normalized spacial score (nSPS) is 27.9. The van der Waals surface area contributed by atoms with Gasteiger partial charge in [0.1, 0.15) is 0 Å². The number of piperidine rings is 1. The van der Waals surface area contributed by atoms with Crippen molar-refractivity contribution in [1.29, 1.82) is 0 Å².